The molecule has 0 radical (unpaired) electrons. The third-order valence-corrected chi connectivity index (χ3v) is 5.69. The number of hydrogen-bond donors (Lipinski definition) is 1. The van der Waals surface area contributed by atoms with E-state index in [2.05, 4.69) is 68.6 Å². The van der Waals surface area contributed by atoms with E-state index in [1.54, 1.807) is 0 Å². The monoisotopic (exact) mass is 362 g/mol. The Morgan fingerprint density at radius 3 is 2.48 bits per heavy atom. The third-order valence-electron chi connectivity index (χ3n) is 5.69. The van der Waals surface area contributed by atoms with Gasteiger partial charge < -0.3 is 10.1 Å². The zero-order valence-corrected chi connectivity index (χ0v) is 16.7. The summed E-state index contributed by atoms with van der Waals surface area (Å²) in [6.07, 6.45) is 5.39. The second kappa shape index (κ2) is 7.47. The van der Waals surface area contributed by atoms with E-state index in [-0.39, 0.29) is 5.41 Å². The summed E-state index contributed by atoms with van der Waals surface area (Å²) in [5.74, 6) is 0. The molecule has 0 saturated carbocycles. The van der Waals surface area contributed by atoms with Crippen molar-refractivity contribution in [3.8, 4) is 0 Å². The first-order valence-corrected chi connectivity index (χ1v) is 10.1. The van der Waals surface area contributed by atoms with Crippen LogP contribution >= 0.6 is 0 Å². The summed E-state index contributed by atoms with van der Waals surface area (Å²) in [6.45, 7) is 9.28. The van der Waals surface area contributed by atoms with Gasteiger partial charge in [0.1, 0.15) is 0 Å². The topological polar surface area (TPSA) is 33.6 Å². The molecule has 1 N–H and O–H groups in total. The van der Waals surface area contributed by atoms with Crippen molar-refractivity contribution in [2.75, 3.05) is 25.1 Å². The van der Waals surface area contributed by atoms with Gasteiger partial charge in [-0.2, -0.15) is 0 Å². The Bertz CT molecular complexity index is 883. The summed E-state index contributed by atoms with van der Waals surface area (Å²) in [4.78, 5) is 4.77. The minimum Gasteiger partial charge on any atom is -0.382 e. The van der Waals surface area contributed by atoms with Crippen LogP contribution in [0.1, 0.15) is 45.6 Å². The van der Waals surface area contributed by atoms with Gasteiger partial charge in [0, 0.05) is 47.9 Å². The van der Waals surface area contributed by atoms with Crippen molar-refractivity contribution < 1.29 is 4.74 Å². The molecule has 2 aromatic rings. The number of benzene rings is 2. The lowest BCUT2D eigenvalue weighted by atomic mass is 9.82. The van der Waals surface area contributed by atoms with Crippen LogP contribution in [-0.4, -0.2) is 31.5 Å². The van der Waals surface area contributed by atoms with Gasteiger partial charge in [-0.3, -0.25) is 4.99 Å². The van der Waals surface area contributed by atoms with Crippen molar-refractivity contribution in [1.82, 2.24) is 0 Å². The van der Waals surface area contributed by atoms with Crippen LogP contribution in [0.4, 0.5) is 5.69 Å². The van der Waals surface area contributed by atoms with Crippen molar-refractivity contribution in [3.05, 3.63) is 48.0 Å². The minimum atomic E-state index is 0.125. The fourth-order valence-corrected chi connectivity index (χ4v) is 4.05. The molecule has 0 aliphatic carbocycles. The molecule has 3 nitrogen and oxygen atoms in total. The van der Waals surface area contributed by atoms with E-state index in [0.717, 1.165) is 39.0 Å². The molecule has 0 amide bonds. The van der Waals surface area contributed by atoms with Crippen molar-refractivity contribution in [1.29, 1.82) is 0 Å². The molecule has 2 heterocycles. The molecule has 27 heavy (non-hydrogen) atoms. The van der Waals surface area contributed by atoms with Crippen LogP contribution in [-0.2, 0) is 4.74 Å². The van der Waals surface area contributed by atoms with E-state index in [4.69, 9.17) is 9.73 Å². The minimum absolute atomic E-state index is 0.125. The molecule has 2 aliphatic rings. The van der Waals surface area contributed by atoms with Crippen LogP contribution in [0.15, 0.2) is 47.5 Å². The second-order valence-electron chi connectivity index (χ2n) is 8.68. The number of ether oxygens (including phenoxy) is 1. The molecule has 4 rings (SSSR count). The fourth-order valence-electron chi connectivity index (χ4n) is 4.05. The summed E-state index contributed by atoms with van der Waals surface area (Å²) >= 11 is 0. The lowest BCUT2D eigenvalue weighted by Crippen LogP contribution is -2.27. The summed E-state index contributed by atoms with van der Waals surface area (Å²) in [5, 5.41) is 6.40. The molecule has 0 spiro atoms. The molecule has 0 unspecified atom stereocenters. The molecule has 1 saturated heterocycles. The van der Waals surface area contributed by atoms with Gasteiger partial charge in [-0.15, -0.1) is 0 Å². The number of rotatable bonds is 3. The number of dihydropyridines is 1. The average molecular weight is 363 g/mol. The molecule has 0 atom stereocenters. The van der Waals surface area contributed by atoms with Crippen LogP contribution in [0.25, 0.3) is 16.3 Å². The van der Waals surface area contributed by atoms with E-state index in [9.17, 15) is 0 Å². The average Bonchev–Trinajstić information content (AvgIpc) is 2.68. The van der Waals surface area contributed by atoms with Gasteiger partial charge in [0.05, 0.1) is 6.54 Å². The highest BCUT2D eigenvalue weighted by Gasteiger charge is 2.23. The van der Waals surface area contributed by atoms with Crippen LogP contribution in [0.2, 0.25) is 0 Å². The number of nitrogens with one attached hydrogen (secondary N) is 1. The number of allylic oxidation sites excluding steroid dienone is 1. The van der Waals surface area contributed by atoms with E-state index in [1.165, 1.54) is 33.3 Å². The van der Waals surface area contributed by atoms with Gasteiger partial charge in [-0.25, -0.2) is 0 Å². The molecule has 2 aromatic carbocycles. The summed E-state index contributed by atoms with van der Waals surface area (Å²) in [5.41, 5.74) is 5.42. The van der Waals surface area contributed by atoms with Gasteiger partial charge >= 0.3 is 0 Å². The Hall–Kier alpha value is -2.13. The van der Waals surface area contributed by atoms with E-state index in [0.29, 0.717) is 6.04 Å². The van der Waals surface area contributed by atoms with Gasteiger partial charge in [0.15, 0.2) is 0 Å². The highest BCUT2D eigenvalue weighted by atomic mass is 16.5. The number of aliphatic imine (C=N–C) groups is 1. The molecule has 142 valence electrons. The first-order chi connectivity index (χ1) is 13.0. The van der Waals surface area contributed by atoms with Crippen LogP contribution < -0.4 is 5.32 Å². The lowest BCUT2D eigenvalue weighted by Gasteiger charge is -2.27. The standard InChI is InChI=1S/C24H30N2O/c1-24(2,3)23-16-17(10-13-25-23)19-8-9-22(21-7-5-4-6-20(19)21)26-18-11-14-27-15-12-18/h4-10,18,26H,11-16H2,1-3H3. The summed E-state index contributed by atoms with van der Waals surface area (Å²) in [7, 11) is 0. The van der Waals surface area contributed by atoms with Gasteiger partial charge in [0.2, 0.25) is 0 Å². The Kier molecular flexibility index (Phi) is 5.05. The molecule has 3 heteroatoms. The first-order valence-electron chi connectivity index (χ1n) is 10.1. The second-order valence-corrected chi connectivity index (χ2v) is 8.68. The number of fused-ring (bicyclic) bond motifs is 1. The smallest absolute Gasteiger partial charge is 0.0576 e. The maximum absolute atomic E-state index is 5.50. The van der Waals surface area contributed by atoms with Crippen molar-refractivity contribution in [3.63, 3.8) is 0 Å². The highest BCUT2D eigenvalue weighted by Crippen LogP contribution is 2.36. The molecule has 2 aliphatic heterocycles. The van der Waals surface area contributed by atoms with Gasteiger partial charge in [-0.05, 0) is 35.4 Å². The third kappa shape index (κ3) is 3.93. The van der Waals surface area contributed by atoms with Crippen molar-refractivity contribution in [2.24, 2.45) is 10.4 Å². The van der Waals surface area contributed by atoms with Crippen molar-refractivity contribution >= 4 is 27.7 Å². The Balaban J connectivity index is 1.67. The predicted molar refractivity (Wildman–Crippen MR) is 116 cm³/mol. The highest BCUT2D eigenvalue weighted by molar-refractivity contribution is 6.06. The quantitative estimate of drug-likeness (QED) is 0.759. The summed E-state index contributed by atoms with van der Waals surface area (Å²) in [6, 6.07) is 13.8. The maximum atomic E-state index is 5.50. The molecule has 0 bridgehead atoms. The first kappa shape index (κ1) is 18.2. The number of nitrogens with zero attached hydrogens (tertiary/aromatic N) is 1. The summed E-state index contributed by atoms with van der Waals surface area (Å²) < 4.78 is 5.50. The largest absolute Gasteiger partial charge is 0.382 e. The zero-order chi connectivity index (χ0) is 18.9. The van der Waals surface area contributed by atoms with E-state index in [1.807, 2.05) is 0 Å². The SMILES string of the molecule is CC(C)(C)C1=NCC=C(c2ccc(NC3CCOCC3)c3ccccc23)C1. The lowest BCUT2D eigenvalue weighted by molar-refractivity contribution is 0.0905. The Labute approximate surface area is 162 Å². The maximum Gasteiger partial charge on any atom is 0.0576 e. The predicted octanol–water partition coefficient (Wildman–Crippen LogP) is 5.70. The number of anilines is 1. The molecular weight excluding hydrogens is 332 g/mol. The fraction of sp³-hybridized carbons (Fsp3) is 0.458. The molecule has 0 aromatic heterocycles. The van der Waals surface area contributed by atoms with Crippen LogP contribution in [0.3, 0.4) is 0 Å². The normalized spacial score (nSPS) is 18.9. The van der Waals surface area contributed by atoms with Gasteiger partial charge in [0.25, 0.3) is 0 Å². The molecular formula is C24H30N2O. The van der Waals surface area contributed by atoms with Crippen molar-refractivity contribution in [2.45, 2.75) is 46.1 Å². The Morgan fingerprint density at radius 2 is 1.74 bits per heavy atom. The van der Waals surface area contributed by atoms with Gasteiger partial charge in [-0.1, -0.05) is 57.2 Å². The molecule has 1 fully saturated rings. The van der Waals surface area contributed by atoms with E-state index < -0.39 is 0 Å². The van der Waals surface area contributed by atoms with Crippen LogP contribution in [0.5, 0.6) is 0 Å². The zero-order valence-electron chi connectivity index (χ0n) is 16.7. The van der Waals surface area contributed by atoms with Crippen LogP contribution in [0, 0.1) is 5.41 Å². The van der Waals surface area contributed by atoms with E-state index >= 15 is 0 Å². The number of hydrogen-bond acceptors (Lipinski definition) is 3. The Morgan fingerprint density at radius 1 is 1.00 bits per heavy atom.